The molecule has 1 amide bonds. The number of carbonyl (C=O) groups excluding carboxylic acids is 1. The summed E-state index contributed by atoms with van der Waals surface area (Å²) >= 11 is 0. The van der Waals surface area contributed by atoms with E-state index in [9.17, 15) is 19.8 Å². The van der Waals surface area contributed by atoms with E-state index >= 15 is 0 Å². The first kappa shape index (κ1) is 16.4. The zero-order valence-corrected chi connectivity index (χ0v) is 13.8. The summed E-state index contributed by atoms with van der Waals surface area (Å²) in [5.41, 5.74) is 0.952. The molecular weight excluding hydrogens is 298 g/mol. The van der Waals surface area contributed by atoms with Crippen molar-refractivity contribution >= 4 is 11.9 Å². The van der Waals surface area contributed by atoms with E-state index in [4.69, 9.17) is 0 Å². The van der Waals surface area contributed by atoms with Crippen molar-refractivity contribution in [3.05, 3.63) is 11.3 Å². The van der Waals surface area contributed by atoms with Gasteiger partial charge in [0, 0.05) is 31.6 Å². The Hall–Kier alpha value is -1.44. The number of carboxylic acid groups (broad SMARTS) is 1. The van der Waals surface area contributed by atoms with Crippen LogP contribution in [0.5, 0.6) is 0 Å². The van der Waals surface area contributed by atoms with Gasteiger partial charge in [-0.25, -0.2) is 4.79 Å². The van der Waals surface area contributed by atoms with Gasteiger partial charge in [-0.15, -0.1) is 0 Å². The molecule has 23 heavy (non-hydrogen) atoms. The van der Waals surface area contributed by atoms with E-state index in [2.05, 4.69) is 10.2 Å². The highest BCUT2D eigenvalue weighted by molar-refractivity contribution is 6.00. The Morgan fingerprint density at radius 2 is 2.17 bits per heavy atom. The number of amides is 1. The van der Waals surface area contributed by atoms with E-state index in [1.807, 2.05) is 14.0 Å². The molecule has 3 N–H and O–H groups in total. The van der Waals surface area contributed by atoms with Crippen molar-refractivity contribution in [3.63, 3.8) is 0 Å². The Morgan fingerprint density at radius 3 is 2.70 bits per heavy atom. The maximum atomic E-state index is 12.3. The summed E-state index contributed by atoms with van der Waals surface area (Å²) in [6.45, 7) is 5.96. The normalized spacial score (nSPS) is 35.5. The monoisotopic (exact) mass is 323 g/mol. The number of aliphatic hydroxyl groups is 1. The maximum Gasteiger partial charge on any atom is 0.352 e. The second-order valence-corrected chi connectivity index (χ2v) is 6.94. The van der Waals surface area contributed by atoms with Gasteiger partial charge >= 0.3 is 5.97 Å². The molecule has 3 heterocycles. The van der Waals surface area contributed by atoms with E-state index < -0.39 is 18.0 Å². The SMILES string of the molecule is CN[C@H]1CCN(CC2=C(C(=O)O)N3C(=O)C([C@@H](C)O)C3[C@H]2C)C1. The molecule has 7 nitrogen and oxygen atoms in total. The Labute approximate surface area is 135 Å². The van der Waals surface area contributed by atoms with Crippen molar-refractivity contribution in [1.29, 1.82) is 0 Å². The van der Waals surface area contributed by atoms with Crippen LogP contribution >= 0.6 is 0 Å². The van der Waals surface area contributed by atoms with Crippen molar-refractivity contribution in [3.8, 4) is 0 Å². The average Bonchev–Trinajstić information content (AvgIpc) is 3.02. The van der Waals surface area contributed by atoms with Crippen molar-refractivity contribution in [1.82, 2.24) is 15.1 Å². The molecule has 5 atom stereocenters. The molecule has 0 aromatic heterocycles. The Bertz CT molecular complexity index is 560. The third-order valence-corrected chi connectivity index (χ3v) is 5.59. The fourth-order valence-corrected chi connectivity index (χ4v) is 4.31. The second-order valence-electron chi connectivity index (χ2n) is 6.94. The largest absolute Gasteiger partial charge is 0.477 e. The van der Waals surface area contributed by atoms with Crippen LogP contribution in [0, 0.1) is 11.8 Å². The van der Waals surface area contributed by atoms with Crippen LogP contribution in [0.4, 0.5) is 0 Å². The van der Waals surface area contributed by atoms with Crippen LogP contribution in [-0.2, 0) is 9.59 Å². The van der Waals surface area contributed by atoms with Crippen LogP contribution in [0.15, 0.2) is 11.3 Å². The first-order chi connectivity index (χ1) is 10.9. The molecule has 7 heteroatoms. The van der Waals surface area contributed by atoms with Crippen molar-refractivity contribution in [2.45, 2.75) is 38.5 Å². The quantitative estimate of drug-likeness (QED) is 0.590. The number of carboxylic acids is 1. The molecule has 0 saturated carbocycles. The maximum absolute atomic E-state index is 12.3. The molecule has 0 radical (unpaired) electrons. The van der Waals surface area contributed by atoms with Gasteiger partial charge < -0.3 is 20.4 Å². The van der Waals surface area contributed by atoms with E-state index in [1.54, 1.807) is 6.92 Å². The number of hydrogen-bond acceptors (Lipinski definition) is 5. The summed E-state index contributed by atoms with van der Waals surface area (Å²) < 4.78 is 0. The molecule has 0 bridgehead atoms. The first-order valence-electron chi connectivity index (χ1n) is 8.23. The number of carbonyl (C=O) groups is 2. The molecule has 0 aromatic rings. The van der Waals surface area contributed by atoms with Crippen LogP contribution in [0.3, 0.4) is 0 Å². The predicted octanol–water partition coefficient (Wildman–Crippen LogP) is -0.524. The number of fused-ring (bicyclic) bond motifs is 1. The summed E-state index contributed by atoms with van der Waals surface area (Å²) in [5.74, 6) is -1.83. The average molecular weight is 323 g/mol. The van der Waals surface area contributed by atoms with Gasteiger partial charge in [0.25, 0.3) is 0 Å². The minimum Gasteiger partial charge on any atom is -0.477 e. The molecule has 2 fully saturated rings. The fourth-order valence-electron chi connectivity index (χ4n) is 4.31. The van der Waals surface area contributed by atoms with E-state index in [0.29, 0.717) is 12.6 Å². The van der Waals surface area contributed by atoms with Gasteiger partial charge in [-0.3, -0.25) is 9.69 Å². The summed E-state index contributed by atoms with van der Waals surface area (Å²) in [6, 6.07) is 0.218. The van der Waals surface area contributed by atoms with Gasteiger partial charge in [0.2, 0.25) is 5.91 Å². The van der Waals surface area contributed by atoms with Crippen LogP contribution in [0.1, 0.15) is 20.3 Å². The van der Waals surface area contributed by atoms with Crippen LogP contribution < -0.4 is 5.32 Å². The molecule has 2 unspecified atom stereocenters. The zero-order chi connectivity index (χ0) is 16.9. The van der Waals surface area contributed by atoms with Gasteiger partial charge in [0.1, 0.15) is 5.70 Å². The standard InChI is InChI=1S/C16H25N3O4/c1-8-11(7-18-5-4-10(6-18)17-3)14(16(22)23)19-13(8)12(9(2)20)15(19)21/h8-10,12-13,17,20H,4-7H2,1-3H3,(H,22,23)/t8-,9+,10-,12?,13?/m0/s1. The molecule has 0 spiro atoms. The molecule has 0 aromatic carbocycles. The lowest BCUT2D eigenvalue weighted by Gasteiger charge is -2.46. The molecule has 128 valence electrons. The molecule has 2 saturated heterocycles. The Kier molecular flexibility index (Phi) is 4.20. The number of β-lactam (4-membered cyclic amide) rings is 1. The number of rotatable bonds is 5. The number of nitrogens with zero attached hydrogens (tertiary/aromatic N) is 2. The number of hydrogen-bond donors (Lipinski definition) is 3. The number of aliphatic hydroxyl groups excluding tert-OH is 1. The van der Waals surface area contributed by atoms with Crippen LogP contribution in [0.25, 0.3) is 0 Å². The molecule has 3 rings (SSSR count). The lowest BCUT2D eigenvalue weighted by molar-refractivity contribution is -0.163. The summed E-state index contributed by atoms with van der Waals surface area (Å²) in [4.78, 5) is 27.6. The van der Waals surface area contributed by atoms with Gasteiger partial charge in [-0.05, 0) is 26.0 Å². The highest BCUT2D eigenvalue weighted by atomic mass is 16.4. The third-order valence-electron chi connectivity index (χ3n) is 5.59. The van der Waals surface area contributed by atoms with E-state index in [-0.39, 0.29) is 23.6 Å². The second kappa shape index (κ2) is 5.89. The molecule has 3 aliphatic heterocycles. The summed E-state index contributed by atoms with van der Waals surface area (Å²) in [6.07, 6.45) is 0.296. The zero-order valence-electron chi connectivity index (χ0n) is 13.8. The van der Waals surface area contributed by atoms with Crippen molar-refractivity contribution in [2.75, 3.05) is 26.7 Å². The van der Waals surface area contributed by atoms with Crippen LogP contribution in [-0.4, -0.2) is 76.8 Å². The molecular formula is C16H25N3O4. The highest BCUT2D eigenvalue weighted by Crippen LogP contribution is 2.47. The Morgan fingerprint density at radius 1 is 1.48 bits per heavy atom. The van der Waals surface area contributed by atoms with Gasteiger partial charge in [0.15, 0.2) is 0 Å². The molecule has 3 aliphatic rings. The fraction of sp³-hybridized carbons (Fsp3) is 0.750. The highest BCUT2D eigenvalue weighted by Gasteiger charge is 2.59. The first-order valence-corrected chi connectivity index (χ1v) is 8.23. The van der Waals surface area contributed by atoms with E-state index in [0.717, 1.165) is 25.1 Å². The minimum absolute atomic E-state index is 0.0352. The lowest BCUT2D eigenvalue weighted by Crippen LogP contribution is -2.63. The smallest absolute Gasteiger partial charge is 0.352 e. The van der Waals surface area contributed by atoms with Crippen molar-refractivity contribution in [2.24, 2.45) is 11.8 Å². The summed E-state index contributed by atoms with van der Waals surface area (Å²) in [7, 11) is 1.94. The summed E-state index contributed by atoms with van der Waals surface area (Å²) in [5, 5.41) is 22.7. The Balaban J connectivity index is 1.83. The van der Waals surface area contributed by atoms with Crippen molar-refractivity contribution < 1.29 is 19.8 Å². The number of likely N-dealkylation sites (tertiary alicyclic amines) is 1. The van der Waals surface area contributed by atoms with E-state index in [1.165, 1.54) is 4.90 Å². The number of nitrogens with one attached hydrogen (secondary N) is 1. The number of aliphatic carboxylic acids is 1. The predicted molar refractivity (Wildman–Crippen MR) is 83.5 cm³/mol. The van der Waals surface area contributed by atoms with Gasteiger partial charge in [-0.1, -0.05) is 6.92 Å². The third kappa shape index (κ3) is 2.47. The molecule has 0 aliphatic carbocycles. The lowest BCUT2D eigenvalue weighted by atomic mass is 9.77. The number of likely N-dealkylation sites (N-methyl/N-ethyl adjacent to an activating group) is 1. The minimum atomic E-state index is -1.05. The van der Waals surface area contributed by atoms with Crippen LogP contribution in [0.2, 0.25) is 0 Å². The van der Waals surface area contributed by atoms with Gasteiger partial charge in [-0.2, -0.15) is 0 Å². The van der Waals surface area contributed by atoms with Gasteiger partial charge in [0.05, 0.1) is 18.1 Å². The topological polar surface area (TPSA) is 93.1 Å².